The Kier molecular flexibility index (Phi) is 4.47. The van der Waals surface area contributed by atoms with Crippen LogP contribution in [-0.4, -0.2) is 27.8 Å². The number of nitro benzene ring substituents is 1. The fourth-order valence-corrected chi connectivity index (χ4v) is 3.60. The molecular formula is C18H11FN2O6S. The molecule has 2 aliphatic heterocycles. The highest BCUT2D eigenvalue weighted by atomic mass is 32.2. The maximum Gasteiger partial charge on any atom is 0.293 e. The van der Waals surface area contributed by atoms with Gasteiger partial charge in [0.05, 0.1) is 28.0 Å². The number of ether oxygens (including phenoxy) is 2. The molecule has 2 aromatic rings. The quantitative estimate of drug-likeness (QED) is 0.437. The van der Waals surface area contributed by atoms with Crippen molar-refractivity contribution >= 4 is 34.7 Å². The van der Waals surface area contributed by atoms with Crippen molar-refractivity contribution in [2.75, 3.05) is 6.79 Å². The van der Waals surface area contributed by atoms with Crippen LogP contribution in [0.4, 0.5) is 14.9 Å². The Morgan fingerprint density at radius 3 is 2.54 bits per heavy atom. The van der Waals surface area contributed by atoms with Gasteiger partial charge in [0.15, 0.2) is 11.5 Å². The minimum Gasteiger partial charge on any atom is -0.454 e. The van der Waals surface area contributed by atoms with E-state index in [1.165, 1.54) is 42.5 Å². The number of thioether (sulfide) groups is 1. The van der Waals surface area contributed by atoms with Crippen molar-refractivity contribution in [2.45, 2.75) is 6.54 Å². The third-order valence-electron chi connectivity index (χ3n) is 4.13. The van der Waals surface area contributed by atoms with Crippen molar-refractivity contribution in [3.05, 3.63) is 68.4 Å². The molecule has 2 heterocycles. The molecule has 0 spiro atoms. The van der Waals surface area contributed by atoms with E-state index in [1.54, 1.807) is 0 Å². The highest BCUT2D eigenvalue weighted by Gasteiger charge is 2.36. The first-order valence-electron chi connectivity index (χ1n) is 8.00. The Hall–Kier alpha value is -3.40. The predicted octanol–water partition coefficient (Wildman–Crippen LogP) is 3.70. The third kappa shape index (κ3) is 3.29. The van der Waals surface area contributed by atoms with Crippen molar-refractivity contribution in [1.82, 2.24) is 4.90 Å². The summed E-state index contributed by atoms with van der Waals surface area (Å²) in [4.78, 5) is 36.7. The predicted molar refractivity (Wildman–Crippen MR) is 97.1 cm³/mol. The first-order chi connectivity index (χ1) is 13.4. The number of benzene rings is 2. The summed E-state index contributed by atoms with van der Waals surface area (Å²) in [7, 11) is 0. The second-order valence-electron chi connectivity index (χ2n) is 5.92. The van der Waals surface area contributed by atoms with Crippen LogP contribution in [-0.2, 0) is 11.3 Å². The molecule has 8 nitrogen and oxygen atoms in total. The summed E-state index contributed by atoms with van der Waals surface area (Å²) in [6.07, 6.45) is 1.29. The third-order valence-corrected chi connectivity index (χ3v) is 5.04. The van der Waals surface area contributed by atoms with Gasteiger partial charge >= 0.3 is 0 Å². The fraction of sp³-hybridized carbons (Fsp3) is 0.111. The molecule has 0 atom stereocenters. The summed E-state index contributed by atoms with van der Waals surface area (Å²) in [5.74, 6) is -0.435. The first-order valence-corrected chi connectivity index (χ1v) is 8.82. The zero-order valence-electron chi connectivity index (χ0n) is 14.1. The molecule has 0 aromatic heterocycles. The van der Waals surface area contributed by atoms with Crippen LogP contribution in [0, 0.1) is 15.9 Å². The highest BCUT2D eigenvalue weighted by molar-refractivity contribution is 8.18. The summed E-state index contributed by atoms with van der Waals surface area (Å²) in [5, 5.41) is 10.8. The second kappa shape index (κ2) is 6.97. The fourth-order valence-electron chi connectivity index (χ4n) is 2.77. The van der Waals surface area contributed by atoms with E-state index in [4.69, 9.17) is 9.47 Å². The normalized spacial score (nSPS) is 16.9. The lowest BCUT2D eigenvalue weighted by atomic mass is 10.1. The van der Waals surface area contributed by atoms with Gasteiger partial charge in [0.1, 0.15) is 5.82 Å². The molecule has 0 bridgehead atoms. The van der Waals surface area contributed by atoms with Crippen molar-refractivity contribution < 1.29 is 28.4 Å². The maximum atomic E-state index is 13.0. The number of nitro groups is 1. The lowest BCUT2D eigenvalue weighted by Gasteiger charge is -2.12. The molecule has 1 fully saturated rings. The van der Waals surface area contributed by atoms with E-state index in [9.17, 15) is 24.1 Å². The molecule has 0 radical (unpaired) electrons. The molecule has 142 valence electrons. The van der Waals surface area contributed by atoms with E-state index in [2.05, 4.69) is 0 Å². The highest BCUT2D eigenvalue weighted by Crippen LogP contribution is 2.41. The Morgan fingerprint density at radius 1 is 1.18 bits per heavy atom. The zero-order chi connectivity index (χ0) is 19.8. The van der Waals surface area contributed by atoms with E-state index in [0.717, 1.165) is 4.90 Å². The van der Waals surface area contributed by atoms with E-state index in [0.29, 0.717) is 23.1 Å². The smallest absolute Gasteiger partial charge is 0.293 e. The molecule has 1 saturated heterocycles. The molecule has 0 saturated carbocycles. The van der Waals surface area contributed by atoms with E-state index < -0.39 is 21.9 Å². The number of carbonyl (C=O) groups excluding carboxylic acids is 2. The Morgan fingerprint density at radius 2 is 1.86 bits per heavy atom. The van der Waals surface area contributed by atoms with Gasteiger partial charge in [-0.15, -0.1) is 0 Å². The van der Waals surface area contributed by atoms with Crippen LogP contribution in [0.1, 0.15) is 11.1 Å². The lowest BCUT2D eigenvalue weighted by molar-refractivity contribution is -0.385. The van der Waals surface area contributed by atoms with Gasteiger partial charge in [-0.25, -0.2) is 4.39 Å². The average Bonchev–Trinajstić information content (AvgIpc) is 3.22. The average molecular weight is 402 g/mol. The number of halogens is 1. The largest absolute Gasteiger partial charge is 0.454 e. The van der Waals surface area contributed by atoms with E-state index in [1.807, 2.05) is 0 Å². The molecule has 4 rings (SSSR count). The molecule has 2 amide bonds. The molecule has 10 heteroatoms. The van der Waals surface area contributed by atoms with E-state index >= 15 is 0 Å². The van der Waals surface area contributed by atoms with Crippen LogP contribution < -0.4 is 9.47 Å². The van der Waals surface area contributed by atoms with Crippen molar-refractivity contribution in [3.63, 3.8) is 0 Å². The van der Waals surface area contributed by atoms with Gasteiger partial charge in [0.2, 0.25) is 6.79 Å². The monoisotopic (exact) mass is 402 g/mol. The number of amides is 2. The lowest BCUT2D eigenvalue weighted by Crippen LogP contribution is -2.27. The SMILES string of the molecule is O=C1S/C(=C\c2cc3c(cc2[N+](=O)[O-])OCO3)C(=O)N1Cc1ccc(F)cc1. The topological polar surface area (TPSA) is 99.0 Å². The molecule has 2 aliphatic rings. The van der Waals surface area contributed by atoms with Crippen LogP contribution in [0.25, 0.3) is 6.08 Å². The van der Waals surface area contributed by atoms with Crippen molar-refractivity contribution in [2.24, 2.45) is 0 Å². The van der Waals surface area contributed by atoms with Gasteiger partial charge in [-0.2, -0.15) is 0 Å². The zero-order valence-corrected chi connectivity index (χ0v) is 14.9. The molecule has 0 N–H and O–H groups in total. The summed E-state index contributed by atoms with van der Waals surface area (Å²) in [5.41, 5.74) is 0.440. The molecular weight excluding hydrogens is 391 g/mol. The molecule has 2 aromatic carbocycles. The van der Waals surface area contributed by atoms with Gasteiger partial charge in [0.25, 0.3) is 16.8 Å². The van der Waals surface area contributed by atoms with Crippen LogP contribution in [0.2, 0.25) is 0 Å². The van der Waals surface area contributed by atoms with Gasteiger partial charge < -0.3 is 9.47 Å². The van der Waals surface area contributed by atoms with Gasteiger partial charge in [-0.3, -0.25) is 24.6 Å². The summed E-state index contributed by atoms with van der Waals surface area (Å²) >= 11 is 0.683. The van der Waals surface area contributed by atoms with Crippen molar-refractivity contribution in [1.29, 1.82) is 0 Å². The minimum absolute atomic E-state index is 0.0223. The number of hydrogen-bond donors (Lipinski definition) is 0. The maximum absolute atomic E-state index is 13.0. The van der Waals surface area contributed by atoms with Crippen LogP contribution in [0.15, 0.2) is 41.3 Å². The standard InChI is InChI=1S/C18H11FN2O6S/c19-12-3-1-10(2-4-12)8-20-17(22)16(28-18(20)23)6-11-5-14-15(27-9-26-14)7-13(11)21(24)25/h1-7H,8-9H2/b16-6-. The Labute approximate surface area is 161 Å². The molecule has 0 aliphatic carbocycles. The van der Waals surface area contributed by atoms with E-state index in [-0.39, 0.29) is 35.2 Å². The Balaban J connectivity index is 1.64. The summed E-state index contributed by atoms with van der Waals surface area (Å²) < 4.78 is 23.4. The summed E-state index contributed by atoms with van der Waals surface area (Å²) in [6.45, 7) is -0.0738. The number of hydrogen-bond acceptors (Lipinski definition) is 7. The van der Waals surface area contributed by atoms with Crippen molar-refractivity contribution in [3.8, 4) is 11.5 Å². The minimum atomic E-state index is -0.601. The molecule has 28 heavy (non-hydrogen) atoms. The van der Waals surface area contributed by atoms with Gasteiger partial charge in [0, 0.05) is 0 Å². The first kappa shape index (κ1) is 18.0. The Bertz CT molecular complexity index is 1040. The van der Waals surface area contributed by atoms with Gasteiger partial charge in [-0.05, 0) is 41.6 Å². The number of fused-ring (bicyclic) bond motifs is 1. The van der Waals surface area contributed by atoms with Gasteiger partial charge in [-0.1, -0.05) is 12.1 Å². The number of nitrogens with zero attached hydrogens (tertiary/aromatic N) is 2. The number of rotatable bonds is 4. The molecule has 0 unspecified atom stereocenters. The number of imide groups is 1. The van der Waals surface area contributed by atoms with Crippen LogP contribution in [0.5, 0.6) is 11.5 Å². The summed E-state index contributed by atoms with van der Waals surface area (Å²) in [6, 6.07) is 8.04. The van der Waals surface area contributed by atoms with Crippen LogP contribution in [0.3, 0.4) is 0 Å². The second-order valence-corrected chi connectivity index (χ2v) is 6.91. The van der Waals surface area contributed by atoms with Crippen LogP contribution >= 0.6 is 11.8 Å². The number of carbonyl (C=O) groups is 2.